The molecular weight excluding hydrogens is 261 g/mol. The highest BCUT2D eigenvalue weighted by molar-refractivity contribution is 8.05. The Morgan fingerprint density at radius 3 is 2.29 bits per heavy atom. The maximum atomic E-state index is 11.9. The molecule has 93 valence electrons. The molecule has 1 rings (SSSR count). The molecule has 0 bridgehead atoms. The van der Waals surface area contributed by atoms with Gasteiger partial charge in [-0.2, -0.15) is 13.2 Å². The summed E-state index contributed by atoms with van der Waals surface area (Å²) in [6, 6.07) is 1.65. The minimum Gasteiger partial charge on any atom is -0.356 e. The third kappa shape index (κ3) is 3.41. The first kappa shape index (κ1) is 13.4. The SMILES string of the molecule is NC(=O)S(=O)(=O)c1ccc([CH]C(F)(F)F)cn1. The normalized spacial score (nSPS) is 12.4. The van der Waals surface area contributed by atoms with Crippen molar-refractivity contribution in [1.29, 1.82) is 0 Å². The molecule has 5 nitrogen and oxygen atoms in total. The average Bonchev–Trinajstić information content (AvgIpc) is 2.15. The van der Waals surface area contributed by atoms with Crippen LogP contribution in [0.3, 0.4) is 0 Å². The Kier molecular flexibility index (Phi) is 3.41. The van der Waals surface area contributed by atoms with Gasteiger partial charge in [-0.15, -0.1) is 0 Å². The van der Waals surface area contributed by atoms with E-state index in [4.69, 9.17) is 0 Å². The van der Waals surface area contributed by atoms with E-state index in [0.29, 0.717) is 6.20 Å². The number of carbonyl (C=O) groups excluding carboxylic acids is 1. The molecule has 0 saturated carbocycles. The van der Waals surface area contributed by atoms with Gasteiger partial charge in [-0.05, 0) is 11.6 Å². The van der Waals surface area contributed by atoms with Crippen LogP contribution in [-0.2, 0) is 9.84 Å². The van der Waals surface area contributed by atoms with Gasteiger partial charge >= 0.3 is 11.4 Å². The second kappa shape index (κ2) is 4.32. The quantitative estimate of drug-likeness (QED) is 0.867. The lowest BCUT2D eigenvalue weighted by Crippen LogP contribution is -2.22. The van der Waals surface area contributed by atoms with Crippen molar-refractivity contribution < 1.29 is 26.4 Å². The molecule has 1 radical (unpaired) electrons. The van der Waals surface area contributed by atoms with E-state index >= 15 is 0 Å². The molecule has 0 fully saturated rings. The summed E-state index contributed by atoms with van der Waals surface area (Å²) in [5.41, 5.74) is 4.25. The average molecular weight is 267 g/mol. The molecular formula is C8H6F3N2O3S. The zero-order valence-corrected chi connectivity index (χ0v) is 8.92. The van der Waals surface area contributed by atoms with Gasteiger partial charge in [0, 0.05) is 6.20 Å². The van der Waals surface area contributed by atoms with Crippen LogP contribution in [0.1, 0.15) is 5.56 Å². The van der Waals surface area contributed by atoms with Crippen LogP contribution in [0.2, 0.25) is 0 Å². The predicted octanol–water partition coefficient (Wildman–Crippen LogP) is 1.05. The number of halogens is 3. The molecule has 0 atom stereocenters. The van der Waals surface area contributed by atoms with Crippen LogP contribution in [0.5, 0.6) is 0 Å². The van der Waals surface area contributed by atoms with E-state index < -0.39 is 26.3 Å². The van der Waals surface area contributed by atoms with Crippen molar-refractivity contribution in [3.63, 3.8) is 0 Å². The van der Waals surface area contributed by atoms with Crippen molar-refractivity contribution in [2.45, 2.75) is 11.2 Å². The fraction of sp³-hybridized carbons (Fsp3) is 0.125. The van der Waals surface area contributed by atoms with E-state index in [9.17, 15) is 26.4 Å². The molecule has 1 aromatic rings. The van der Waals surface area contributed by atoms with E-state index in [-0.39, 0.29) is 12.0 Å². The smallest absolute Gasteiger partial charge is 0.356 e. The highest BCUT2D eigenvalue weighted by Crippen LogP contribution is 2.23. The topological polar surface area (TPSA) is 90.1 Å². The van der Waals surface area contributed by atoms with Crippen molar-refractivity contribution >= 4 is 15.1 Å². The number of pyridine rings is 1. The Morgan fingerprint density at radius 2 is 1.94 bits per heavy atom. The molecule has 0 spiro atoms. The summed E-state index contributed by atoms with van der Waals surface area (Å²) in [5.74, 6) is 0. The monoisotopic (exact) mass is 267 g/mol. The first-order chi connectivity index (χ1) is 7.63. The number of primary amides is 1. The summed E-state index contributed by atoms with van der Waals surface area (Å²) in [4.78, 5) is 13.8. The van der Waals surface area contributed by atoms with Gasteiger partial charge in [0.15, 0.2) is 5.03 Å². The van der Waals surface area contributed by atoms with Gasteiger partial charge in [-0.3, -0.25) is 4.79 Å². The number of carbonyl (C=O) groups is 1. The van der Waals surface area contributed by atoms with E-state index in [2.05, 4.69) is 10.7 Å². The van der Waals surface area contributed by atoms with Crippen LogP contribution in [0.4, 0.5) is 18.0 Å². The fourth-order valence-corrected chi connectivity index (χ4v) is 1.57. The first-order valence-electron chi connectivity index (χ1n) is 4.06. The number of nitrogens with zero attached hydrogens (tertiary/aromatic N) is 1. The van der Waals surface area contributed by atoms with Gasteiger partial charge in [-0.25, -0.2) is 13.4 Å². The molecule has 1 heterocycles. The van der Waals surface area contributed by atoms with Crippen molar-refractivity contribution in [3.8, 4) is 0 Å². The van der Waals surface area contributed by atoms with Crippen LogP contribution in [0.15, 0.2) is 23.4 Å². The van der Waals surface area contributed by atoms with Crippen molar-refractivity contribution in [1.82, 2.24) is 4.98 Å². The number of rotatable bonds is 2. The second-order valence-corrected chi connectivity index (χ2v) is 4.77. The summed E-state index contributed by atoms with van der Waals surface area (Å²) >= 11 is 0. The molecule has 0 aromatic carbocycles. The van der Waals surface area contributed by atoms with Gasteiger partial charge in [0.1, 0.15) is 0 Å². The Labute approximate surface area is 94.4 Å². The Balaban J connectivity index is 3.01. The molecule has 2 N–H and O–H groups in total. The zero-order valence-electron chi connectivity index (χ0n) is 8.10. The van der Waals surface area contributed by atoms with Crippen LogP contribution in [0.25, 0.3) is 0 Å². The van der Waals surface area contributed by atoms with Gasteiger partial charge in [-0.1, -0.05) is 6.07 Å². The molecule has 9 heteroatoms. The molecule has 0 aliphatic rings. The molecule has 0 saturated heterocycles. The fourth-order valence-electron chi connectivity index (χ4n) is 0.928. The van der Waals surface area contributed by atoms with Gasteiger partial charge in [0.05, 0.1) is 6.42 Å². The zero-order chi connectivity index (χ0) is 13.3. The third-order valence-electron chi connectivity index (χ3n) is 1.63. The molecule has 1 amide bonds. The van der Waals surface area contributed by atoms with E-state index in [1.165, 1.54) is 0 Å². The maximum Gasteiger partial charge on any atom is 0.396 e. The molecule has 1 aromatic heterocycles. The van der Waals surface area contributed by atoms with Gasteiger partial charge in [0.25, 0.3) is 9.84 Å². The number of hydrogen-bond donors (Lipinski definition) is 1. The Morgan fingerprint density at radius 1 is 1.35 bits per heavy atom. The summed E-state index contributed by atoms with van der Waals surface area (Å²) in [7, 11) is -4.40. The number of sulfone groups is 1. The molecule has 0 aliphatic carbocycles. The molecule has 0 unspecified atom stereocenters. The van der Waals surface area contributed by atoms with Crippen molar-refractivity contribution in [3.05, 3.63) is 30.3 Å². The number of aromatic nitrogens is 1. The van der Waals surface area contributed by atoms with Gasteiger partial charge in [0.2, 0.25) is 0 Å². The van der Waals surface area contributed by atoms with Crippen molar-refractivity contribution in [2.24, 2.45) is 5.73 Å². The standard InChI is InChI=1S/C8H6F3N2O3S/c9-8(10,11)3-5-1-2-6(13-4-5)17(15,16)7(12)14/h1-4H,(H2,12,14). The molecule has 0 aliphatic heterocycles. The number of alkyl halides is 3. The lowest BCUT2D eigenvalue weighted by atomic mass is 10.2. The lowest BCUT2D eigenvalue weighted by molar-refractivity contribution is -0.0928. The van der Waals surface area contributed by atoms with Crippen LogP contribution >= 0.6 is 0 Å². The largest absolute Gasteiger partial charge is 0.396 e. The number of nitrogens with two attached hydrogens (primary N) is 1. The van der Waals surface area contributed by atoms with E-state index in [0.717, 1.165) is 12.1 Å². The molecule has 17 heavy (non-hydrogen) atoms. The highest BCUT2D eigenvalue weighted by atomic mass is 32.2. The second-order valence-electron chi connectivity index (χ2n) is 2.94. The highest BCUT2D eigenvalue weighted by Gasteiger charge is 2.29. The Bertz CT molecular complexity index is 522. The minimum absolute atomic E-state index is 0.0549. The van der Waals surface area contributed by atoms with E-state index in [1.54, 1.807) is 0 Å². The minimum atomic E-state index is -4.54. The summed E-state index contributed by atoms with van der Waals surface area (Å²) < 4.78 is 58.1. The summed E-state index contributed by atoms with van der Waals surface area (Å²) in [6.07, 6.45) is -3.91. The Hall–Kier alpha value is -1.64. The first-order valence-corrected chi connectivity index (χ1v) is 5.54. The van der Waals surface area contributed by atoms with Crippen molar-refractivity contribution in [2.75, 3.05) is 0 Å². The van der Waals surface area contributed by atoms with E-state index in [1.807, 2.05) is 0 Å². The van der Waals surface area contributed by atoms with Crippen LogP contribution < -0.4 is 5.73 Å². The summed E-state index contributed by atoms with van der Waals surface area (Å²) in [5, 5.41) is -2.30. The maximum absolute atomic E-state index is 11.9. The van der Waals surface area contributed by atoms with Gasteiger partial charge < -0.3 is 5.73 Å². The third-order valence-corrected chi connectivity index (χ3v) is 2.95. The predicted molar refractivity (Wildman–Crippen MR) is 50.5 cm³/mol. The lowest BCUT2D eigenvalue weighted by Gasteiger charge is -2.05. The number of hydrogen-bond acceptors (Lipinski definition) is 4. The van der Waals surface area contributed by atoms with Crippen LogP contribution in [-0.4, -0.2) is 24.8 Å². The van der Waals surface area contributed by atoms with Crippen LogP contribution in [0, 0.1) is 6.42 Å². The number of amides is 1. The summed E-state index contributed by atoms with van der Waals surface area (Å²) in [6.45, 7) is 0.